The Morgan fingerprint density at radius 2 is 1.95 bits per heavy atom. The first-order valence-corrected chi connectivity index (χ1v) is 7.00. The summed E-state index contributed by atoms with van der Waals surface area (Å²) in [5.74, 6) is 0.625. The minimum absolute atomic E-state index is 0.118. The van der Waals surface area contributed by atoms with Crippen LogP contribution in [0.4, 0.5) is 11.4 Å². The molecule has 110 valence electrons. The van der Waals surface area contributed by atoms with E-state index in [-0.39, 0.29) is 17.2 Å². The number of hydrogen-bond acceptors (Lipinski definition) is 5. The van der Waals surface area contributed by atoms with Gasteiger partial charge in [0, 0.05) is 30.9 Å². The van der Waals surface area contributed by atoms with Gasteiger partial charge in [-0.1, -0.05) is 0 Å². The Kier molecular flexibility index (Phi) is 5.31. The van der Waals surface area contributed by atoms with E-state index in [1.165, 1.54) is 12.1 Å². The molecule has 20 heavy (non-hydrogen) atoms. The van der Waals surface area contributed by atoms with Crippen molar-refractivity contribution < 1.29 is 10.0 Å². The number of aliphatic hydroxyl groups is 1. The molecule has 1 aromatic rings. The predicted octanol–water partition coefficient (Wildman–Crippen LogP) is 1.71. The van der Waals surface area contributed by atoms with Crippen molar-refractivity contribution in [2.24, 2.45) is 5.92 Å². The average Bonchev–Trinajstić information content (AvgIpc) is 2.47. The molecule has 0 bridgehead atoms. The van der Waals surface area contributed by atoms with E-state index in [1.54, 1.807) is 12.1 Å². The standard InChI is InChI=1S/C14H21N3O3/c18-10-9-16-7-5-12(6-8-16)11-15-13-1-3-14(4-2-13)17(19)20/h1-4,12,15,18H,5-11H2. The van der Waals surface area contributed by atoms with Crippen molar-refractivity contribution in [3.05, 3.63) is 34.4 Å². The second-order valence-electron chi connectivity index (χ2n) is 5.19. The predicted molar refractivity (Wildman–Crippen MR) is 77.8 cm³/mol. The van der Waals surface area contributed by atoms with Crippen LogP contribution >= 0.6 is 0 Å². The lowest BCUT2D eigenvalue weighted by Gasteiger charge is -2.31. The lowest BCUT2D eigenvalue weighted by atomic mass is 9.97. The molecule has 1 heterocycles. The minimum atomic E-state index is -0.388. The zero-order valence-corrected chi connectivity index (χ0v) is 11.5. The van der Waals surface area contributed by atoms with Crippen LogP contribution < -0.4 is 5.32 Å². The summed E-state index contributed by atoms with van der Waals surface area (Å²) in [6.07, 6.45) is 2.25. The summed E-state index contributed by atoms with van der Waals surface area (Å²) >= 11 is 0. The van der Waals surface area contributed by atoms with Gasteiger partial charge in [0.1, 0.15) is 0 Å². The Bertz CT molecular complexity index is 428. The van der Waals surface area contributed by atoms with E-state index in [1.807, 2.05) is 0 Å². The Balaban J connectivity index is 1.74. The van der Waals surface area contributed by atoms with E-state index in [2.05, 4.69) is 10.2 Å². The van der Waals surface area contributed by atoms with Gasteiger partial charge in [-0.3, -0.25) is 10.1 Å². The Hall–Kier alpha value is -1.66. The number of nitro benzene ring substituents is 1. The third-order valence-electron chi connectivity index (χ3n) is 3.80. The molecule has 1 saturated heterocycles. The number of rotatable bonds is 6. The van der Waals surface area contributed by atoms with Gasteiger partial charge in [0.05, 0.1) is 11.5 Å². The van der Waals surface area contributed by atoms with Crippen molar-refractivity contribution in [1.82, 2.24) is 4.90 Å². The lowest BCUT2D eigenvalue weighted by molar-refractivity contribution is -0.384. The number of nitrogens with one attached hydrogen (secondary N) is 1. The summed E-state index contributed by atoms with van der Waals surface area (Å²) in [5, 5.41) is 22.8. The van der Waals surface area contributed by atoms with Crippen molar-refractivity contribution >= 4 is 11.4 Å². The minimum Gasteiger partial charge on any atom is -0.395 e. The topological polar surface area (TPSA) is 78.6 Å². The highest BCUT2D eigenvalue weighted by Gasteiger charge is 2.18. The van der Waals surface area contributed by atoms with Crippen LogP contribution in [0.5, 0.6) is 0 Å². The van der Waals surface area contributed by atoms with Crippen LogP contribution in [0, 0.1) is 16.0 Å². The highest BCUT2D eigenvalue weighted by molar-refractivity contribution is 5.48. The summed E-state index contributed by atoms with van der Waals surface area (Å²) in [4.78, 5) is 12.5. The van der Waals surface area contributed by atoms with Crippen molar-refractivity contribution in [3.63, 3.8) is 0 Å². The van der Waals surface area contributed by atoms with E-state index >= 15 is 0 Å². The molecule has 6 heteroatoms. The Labute approximate surface area is 118 Å². The number of aliphatic hydroxyl groups excluding tert-OH is 1. The fourth-order valence-electron chi connectivity index (χ4n) is 2.52. The molecule has 1 fully saturated rings. The zero-order valence-electron chi connectivity index (χ0n) is 11.5. The summed E-state index contributed by atoms with van der Waals surface area (Å²) in [7, 11) is 0. The van der Waals surface area contributed by atoms with Gasteiger partial charge in [0.25, 0.3) is 5.69 Å². The maximum absolute atomic E-state index is 10.6. The molecular formula is C14H21N3O3. The summed E-state index contributed by atoms with van der Waals surface area (Å²) in [5.41, 5.74) is 1.04. The molecule has 6 nitrogen and oxygen atoms in total. The third kappa shape index (κ3) is 4.18. The first kappa shape index (κ1) is 14.7. The smallest absolute Gasteiger partial charge is 0.269 e. The number of anilines is 1. The van der Waals surface area contributed by atoms with Gasteiger partial charge >= 0.3 is 0 Å². The molecule has 0 saturated carbocycles. The lowest BCUT2D eigenvalue weighted by Crippen LogP contribution is -2.37. The highest BCUT2D eigenvalue weighted by atomic mass is 16.6. The molecule has 1 aliphatic heterocycles. The molecule has 0 aliphatic carbocycles. The Morgan fingerprint density at radius 1 is 1.30 bits per heavy atom. The number of nitro groups is 1. The molecule has 1 aromatic carbocycles. The number of nitrogens with zero attached hydrogens (tertiary/aromatic N) is 2. The molecular weight excluding hydrogens is 258 g/mol. The maximum atomic E-state index is 10.6. The fraction of sp³-hybridized carbons (Fsp3) is 0.571. The van der Waals surface area contributed by atoms with Crippen LogP contribution in [0.15, 0.2) is 24.3 Å². The quantitative estimate of drug-likeness (QED) is 0.612. The van der Waals surface area contributed by atoms with Gasteiger partial charge in [-0.2, -0.15) is 0 Å². The molecule has 2 rings (SSSR count). The third-order valence-corrected chi connectivity index (χ3v) is 3.80. The zero-order chi connectivity index (χ0) is 14.4. The first-order chi connectivity index (χ1) is 9.69. The molecule has 0 amide bonds. The second-order valence-corrected chi connectivity index (χ2v) is 5.19. The molecule has 0 spiro atoms. The van der Waals surface area contributed by atoms with Crippen LogP contribution in [0.25, 0.3) is 0 Å². The fourth-order valence-corrected chi connectivity index (χ4v) is 2.52. The van der Waals surface area contributed by atoms with E-state index in [0.717, 1.165) is 44.7 Å². The number of benzene rings is 1. The van der Waals surface area contributed by atoms with Crippen molar-refractivity contribution in [2.45, 2.75) is 12.8 Å². The summed E-state index contributed by atoms with van der Waals surface area (Å²) < 4.78 is 0. The van der Waals surface area contributed by atoms with Gasteiger partial charge in [-0.05, 0) is 44.0 Å². The molecule has 2 N–H and O–H groups in total. The molecule has 0 aromatic heterocycles. The molecule has 0 unspecified atom stereocenters. The van der Waals surface area contributed by atoms with Crippen LogP contribution in [0.2, 0.25) is 0 Å². The normalized spacial score (nSPS) is 17.1. The first-order valence-electron chi connectivity index (χ1n) is 7.00. The Morgan fingerprint density at radius 3 is 2.50 bits per heavy atom. The monoisotopic (exact) mass is 279 g/mol. The average molecular weight is 279 g/mol. The van der Waals surface area contributed by atoms with Crippen molar-refractivity contribution in [2.75, 3.05) is 38.1 Å². The highest BCUT2D eigenvalue weighted by Crippen LogP contribution is 2.19. The molecule has 1 aliphatic rings. The van der Waals surface area contributed by atoms with Gasteiger partial charge in [-0.15, -0.1) is 0 Å². The van der Waals surface area contributed by atoms with Gasteiger partial charge in [0.15, 0.2) is 0 Å². The van der Waals surface area contributed by atoms with Crippen LogP contribution in [0.3, 0.4) is 0 Å². The van der Waals surface area contributed by atoms with Crippen molar-refractivity contribution in [1.29, 1.82) is 0 Å². The number of hydrogen-bond donors (Lipinski definition) is 2. The SMILES string of the molecule is O=[N+]([O-])c1ccc(NCC2CCN(CCO)CC2)cc1. The van der Waals surface area contributed by atoms with Crippen LogP contribution in [-0.4, -0.2) is 47.7 Å². The van der Waals surface area contributed by atoms with Crippen LogP contribution in [-0.2, 0) is 0 Å². The number of piperidine rings is 1. The number of non-ortho nitro benzene ring substituents is 1. The number of β-amino-alcohol motifs (C(OH)–C–C–N with tert-alkyl or cyclic N) is 1. The van der Waals surface area contributed by atoms with E-state index in [9.17, 15) is 10.1 Å². The van der Waals surface area contributed by atoms with Crippen molar-refractivity contribution in [3.8, 4) is 0 Å². The van der Waals surface area contributed by atoms with E-state index in [4.69, 9.17) is 5.11 Å². The van der Waals surface area contributed by atoms with Crippen LogP contribution in [0.1, 0.15) is 12.8 Å². The maximum Gasteiger partial charge on any atom is 0.269 e. The summed E-state index contributed by atoms with van der Waals surface area (Å²) in [6, 6.07) is 6.54. The van der Waals surface area contributed by atoms with Gasteiger partial charge in [0.2, 0.25) is 0 Å². The largest absolute Gasteiger partial charge is 0.395 e. The van der Waals surface area contributed by atoms with E-state index in [0.29, 0.717) is 5.92 Å². The van der Waals surface area contributed by atoms with Gasteiger partial charge in [-0.25, -0.2) is 0 Å². The summed E-state index contributed by atoms with van der Waals surface area (Å²) in [6.45, 7) is 3.96. The number of likely N-dealkylation sites (tertiary alicyclic amines) is 1. The molecule has 0 radical (unpaired) electrons. The van der Waals surface area contributed by atoms with E-state index < -0.39 is 0 Å². The van der Waals surface area contributed by atoms with Gasteiger partial charge < -0.3 is 15.3 Å². The second kappa shape index (κ2) is 7.21. The molecule has 0 atom stereocenters.